The minimum Gasteiger partial charge on any atom is -0.493 e. The van der Waals surface area contributed by atoms with Crippen molar-refractivity contribution in [2.45, 2.75) is 32.7 Å². The summed E-state index contributed by atoms with van der Waals surface area (Å²) >= 11 is 0. The van der Waals surface area contributed by atoms with Gasteiger partial charge in [-0.05, 0) is 44.4 Å². The number of nitrogens with zero attached hydrogens (tertiary/aromatic N) is 3. The quantitative estimate of drug-likeness (QED) is 0.871. The molecule has 2 heterocycles. The first-order valence-electron chi connectivity index (χ1n) is 8.21. The Morgan fingerprint density at radius 1 is 1.39 bits per heavy atom. The first-order valence-corrected chi connectivity index (χ1v) is 8.21. The first-order chi connectivity index (χ1) is 11.2. The van der Waals surface area contributed by atoms with Crippen LogP contribution in [0.1, 0.15) is 41.7 Å². The number of likely N-dealkylation sites (tertiary alicyclic amines) is 1. The van der Waals surface area contributed by atoms with Crippen LogP contribution in [0, 0.1) is 6.92 Å². The fourth-order valence-electron chi connectivity index (χ4n) is 3.08. The molecular formula is C18H23N3O2. The number of amides is 1. The van der Waals surface area contributed by atoms with E-state index in [1.165, 1.54) is 0 Å². The lowest BCUT2D eigenvalue weighted by Gasteiger charge is -2.33. The Morgan fingerprint density at radius 2 is 2.22 bits per heavy atom. The molecular weight excluding hydrogens is 290 g/mol. The van der Waals surface area contributed by atoms with Gasteiger partial charge < -0.3 is 9.64 Å². The Morgan fingerprint density at radius 3 is 2.96 bits per heavy atom. The number of aryl methyl sites for hydroxylation is 1. The van der Waals surface area contributed by atoms with Gasteiger partial charge in [0.1, 0.15) is 5.75 Å². The fraction of sp³-hybridized carbons (Fsp3) is 0.444. The van der Waals surface area contributed by atoms with Crippen LogP contribution in [-0.4, -0.2) is 40.3 Å². The summed E-state index contributed by atoms with van der Waals surface area (Å²) in [6, 6.07) is 7.73. The van der Waals surface area contributed by atoms with E-state index in [0.29, 0.717) is 24.5 Å². The lowest BCUT2D eigenvalue weighted by atomic mass is 10.0. The molecule has 3 rings (SSSR count). The van der Waals surface area contributed by atoms with Gasteiger partial charge in [-0.25, -0.2) is 0 Å². The van der Waals surface area contributed by atoms with Gasteiger partial charge in [0.15, 0.2) is 0 Å². The van der Waals surface area contributed by atoms with Crippen LogP contribution in [0.4, 0.5) is 0 Å². The molecule has 1 atom stereocenters. The van der Waals surface area contributed by atoms with E-state index < -0.39 is 0 Å². The lowest BCUT2D eigenvalue weighted by Crippen LogP contribution is -2.41. The van der Waals surface area contributed by atoms with Crippen LogP contribution in [0.2, 0.25) is 0 Å². The minimum absolute atomic E-state index is 0.0441. The smallest absolute Gasteiger partial charge is 0.257 e. The van der Waals surface area contributed by atoms with Crippen molar-refractivity contribution >= 4 is 5.91 Å². The van der Waals surface area contributed by atoms with Crippen molar-refractivity contribution in [3.05, 3.63) is 47.8 Å². The highest BCUT2D eigenvalue weighted by molar-refractivity contribution is 5.97. The third-order valence-corrected chi connectivity index (χ3v) is 4.21. The van der Waals surface area contributed by atoms with Crippen molar-refractivity contribution in [1.82, 2.24) is 14.7 Å². The summed E-state index contributed by atoms with van der Waals surface area (Å²) in [5, 5.41) is 4.41. The average Bonchev–Trinajstić information content (AvgIpc) is 3.02. The van der Waals surface area contributed by atoms with E-state index in [0.717, 1.165) is 24.9 Å². The molecule has 1 aromatic carbocycles. The molecule has 122 valence electrons. The zero-order valence-electron chi connectivity index (χ0n) is 13.7. The number of rotatable bonds is 4. The Labute approximate surface area is 136 Å². The van der Waals surface area contributed by atoms with Gasteiger partial charge in [0, 0.05) is 19.3 Å². The number of para-hydroxylation sites is 1. The zero-order chi connectivity index (χ0) is 16.2. The third-order valence-electron chi connectivity index (χ3n) is 4.21. The van der Waals surface area contributed by atoms with E-state index in [1.807, 2.05) is 60.1 Å². The van der Waals surface area contributed by atoms with Crippen LogP contribution < -0.4 is 4.74 Å². The van der Waals surface area contributed by atoms with E-state index in [-0.39, 0.29) is 11.9 Å². The number of piperidine rings is 1. The molecule has 5 nitrogen and oxygen atoms in total. The summed E-state index contributed by atoms with van der Waals surface area (Å²) in [6.45, 7) is 6.00. The van der Waals surface area contributed by atoms with Crippen LogP contribution in [0.15, 0.2) is 36.7 Å². The molecule has 1 aliphatic heterocycles. The van der Waals surface area contributed by atoms with Crippen LogP contribution in [-0.2, 0) is 0 Å². The van der Waals surface area contributed by atoms with Gasteiger partial charge in [0.05, 0.1) is 24.4 Å². The van der Waals surface area contributed by atoms with Crippen LogP contribution in [0.25, 0.3) is 0 Å². The van der Waals surface area contributed by atoms with Crippen molar-refractivity contribution in [2.75, 3.05) is 19.7 Å². The standard InChI is InChI=1S/C18H23N3O2/c1-3-23-17-9-5-4-8-16(17)18(22)20-10-6-7-15(13-20)21-12-14(2)11-19-21/h4-5,8-9,11-12,15H,3,6-7,10,13H2,1-2H3. The van der Waals surface area contributed by atoms with E-state index >= 15 is 0 Å². The first kappa shape index (κ1) is 15.6. The molecule has 0 aliphatic carbocycles. The number of carbonyl (C=O) groups excluding carboxylic acids is 1. The number of ether oxygens (including phenoxy) is 1. The molecule has 1 aliphatic rings. The predicted molar refractivity (Wildman–Crippen MR) is 88.7 cm³/mol. The molecule has 1 fully saturated rings. The largest absolute Gasteiger partial charge is 0.493 e. The maximum absolute atomic E-state index is 12.9. The summed E-state index contributed by atoms with van der Waals surface area (Å²) in [5.74, 6) is 0.708. The maximum atomic E-state index is 12.9. The molecule has 1 amide bonds. The molecule has 0 bridgehead atoms. The van der Waals surface area contributed by atoms with Crippen LogP contribution in [0.3, 0.4) is 0 Å². The van der Waals surface area contributed by atoms with Gasteiger partial charge in [-0.1, -0.05) is 12.1 Å². The Hall–Kier alpha value is -2.30. The van der Waals surface area contributed by atoms with E-state index in [4.69, 9.17) is 4.74 Å². The van der Waals surface area contributed by atoms with Gasteiger partial charge in [0.25, 0.3) is 5.91 Å². The average molecular weight is 313 g/mol. The van der Waals surface area contributed by atoms with Crippen LogP contribution in [0.5, 0.6) is 5.75 Å². The molecule has 0 saturated carbocycles. The second kappa shape index (κ2) is 6.86. The molecule has 0 N–H and O–H groups in total. The predicted octanol–water partition coefficient (Wildman–Crippen LogP) is 3.07. The van der Waals surface area contributed by atoms with Gasteiger partial charge in [-0.2, -0.15) is 5.10 Å². The highest BCUT2D eigenvalue weighted by Gasteiger charge is 2.27. The topological polar surface area (TPSA) is 47.4 Å². The Bertz CT molecular complexity index is 680. The number of aromatic nitrogens is 2. The number of benzene rings is 1. The van der Waals surface area contributed by atoms with Crippen molar-refractivity contribution in [1.29, 1.82) is 0 Å². The molecule has 1 saturated heterocycles. The maximum Gasteiger partial charge on any atom is 0.257 e. The summed E-state index contributed by atoms with van der Waals surface area (Å²) < 4.78 is 7.59. The molecule has 1 aromatic heterocycles. The number of hydrogen-bond donors (Lipinski definition) is 0. The van der Waals surface area contributed by atoms with Gasteiger partial charge in [0.2, 0.25) is 0 Å². The second-order valence-corrected chi connectivity index (χ2v) is 5.97. The van der Waals surface area contributed by atoms with E-state index in [9.17, 15) is 4.79 Å². The van der Waals surface area contributed by atoms with Crippen molar-refractivity contribution < 1.29 is 9.53 Å². The fourth-order valence-corrected chi connectivity index (χ4v) is 3.08. The SMILES string of the molecule is CCOc1ccccc1C(=O)N1CCCC(n2cc(C)cn2)C1. The normalized spacial score (nSPS) is 18.0. The van der Waals surface area contributed by atoms with E-state index in [2.05, 4.69) is 5.10 Å². The zero-order valence-corrected chi connectivity index (χ0v) is 13.7. The molecule has 0 spiro atoms. The van der Waals surface area contributed by atoms with Crippen LogP contribution >= 0.6 is 0 Å². The molecule has 2 aromatic rings. The number of carbonyl (C=O) groups is 1. The van der Waals surface area contributed by atoms with Gasteiger partial charge in [-0.15, -0.1) is 0 Å². The summed E-state index contributed by atoms with van der Waals surface area (Å²) in [7, 11) is 0. The molecule has 23 heavy (non-hydrogen) atoms. The van der Waals surface area contributed by atoms with Gasteiger partial charge in [-0.3, -0.25) is 9.48 Å². The third kappa shape index (κ3) is 3.38. The minimum atomic E-state index is 0.0441. The molecule has 5 heteroatoms. The molecule has 0 radical (unpaired) electrons. The Balaban J connectivity index is 1.77. The van der Waals surface area contributed by atoms with E-state index in [1.54, 1.807) is 0 Å². The highest BCUT2D eigenvalue weighted by Crippen LogP contribution is 2.25. The Kier molecular flexibility index (Phi) is 4.65. The second-order valence-electron chi connectivity index (χ2n) is 5.97. The monoisotopic (exact) mass is 313 g/mol. The van der Waals surface area contributed by atoms with Crippen molar-refractivity contribution in [2.24, 2.45) is 0 Å². The highest BCUT2D eigenvalue weighted by atomic mass is 16.5. The summed E-state index contributed by atoms with van der Waals surface area (Å²) in [4.78, 5) is 14.8. The van der Waals surface area contributed by atoms with Crippen molar-refractivity contribution in [3.63, 3.8) is 0 Å². The van der Waals surface area contributed by atoms with Crippen molar-refractivity contribution in [3.8, 4) is 5.75 Å². The van der Waals surface area contributed by atoms with Gasteiger partial charge >= 0.3 is 0 Å². The lowest BCUT2D eigenvalue weighted by molar-refractivity contribution is 0.0669. The summed E-state index contributed by atoms with van der Waals surface area (Å²) in [6.07, 6.45) is 5.96. The molecule has 1 unspecified atom stereocenters. The number of hydrogen-bond acceptors (Lipinski definition) is 3. The summed E-state index contributed by atoms with van der Waals surface area (Å²) in [5.41, 5.74) is 1.79.